The van der Waals surface area contributed by atoms with Gasteiger partial charge in [0.1, 0.15) is 0 Å². The summed E-state index contributed by atoms with van der Waals surface area (Å²) < 4.78 is 0. The van der Waals surface area contributed by atoms with E-state index < -0.39 is 0 Å². The molecule has 0 radical (unpaired) electrons. The monoisotopic (exact) mass is 302 g/mol. The zero-order chi connectivity index (χ0) is 11.8. The number of alkyl halides is 1. The lowest BCUT2D eigenvalue weighted by molar-refractivity contribution is 0.712. The van der Waals surface area contributed by atoms with E-state index in [0.29, 0.717) is 0 Å². The lowest BCUT2D eigenvalue weighted by Gasteiger charge is -2.02. The average Bonchev–Trinajstić information content (AvgIpc) is 2.22. The van der Waals surface area contributed by atoms with E-state index in [4.69, 9.17) is 0 Å². The van der Waals surface area contributed by atoms with E-state index in [9.17, 15) is 0 Å². The van der Waals surface area contributed by atoms with Gasteiger partial charge in [0.25, 0.3) is 0 Å². The fourth-order valence-corrected chi connectivity index (χ4v) is 2.82. The highest BCUT2D eigenvalue weighted by Crippen LogP contribution is 2.16. The number of rotatable bonds is 7. The molecule has 1 heterocycles. The third-order valence-electron chi connectivity index (χ3n) is 2.22. The van der Waals surface area contributed by atoms with E-state index in [1.807, 2.05) is 19.9 Å². The van der Waals surface area contributed by atoms with Crippen molar-refractivity contribution in [3.63, 3.8) is 0 Å². The number of thioether (sulfide) groups is 1. The summed E-state index contributed by atoms with van der Waals surface area (Å²) in [5.74, 6) is 1.13. The number of aromatic nitrogens is 2. The molecule has 16 heavy (non-hydrogen) atoms. The number of nitrogens with zero attached hydrogens (tertiary/aromatic N) is 2. The second-order valence-electron chi connectivity index (χ2n) is 3.88. The molecule has 4 heteroatoms. The first-order chi connectivity index (χ1) is 7.72. The van der Waals surface area contributed by atoms with E-state index in [0.717, 1.165) is 27.6 Å². The number of unbranched alkanes of at least 4 members (excludes halogenated alkanes) is 3. The van der Waals surface area contributed by atoms with Crippen LogP contribution in [0.5, 0.6) is 0 Å². The van der Waals surface area contributed by atoms with Crippen LogP contribution >= 0.6 is 27.7 Å². The Balaban J connectivity index is 2.21. The van der Waals surface area contributed by atoms with Gasteiger partial charge in [-0.3, -0.25) is 0 Å². The van der Waals surface area contributed by atoms with Crippen molar-refractivity contribution in [1.82, 2.24) is 9.97 Å². The molecule has 1 aromatic rings. The zero-order valence-electron chi connectivity index (χ0n) is 10.0. The third-order valence-corrected chi connectivity index (χ3v) is 3.72. The van der Waals surface area contributed by atoms with Gasteiger partial charge >= 0.3 is 0 Å². The largest absolute Gasteiger partial charge is 0.228 e. The SMILES string of the molecule is Cc1cc(C)nc(SCCCCCCBr)n1. The van der Waals surface area contributed by atoms with Crippen molar-refractivity contribution in [3.05, 3.63) is 17.5 Å². The lowest BCUT2D eigenvalue weighted by atomic mass is 10.2. The van der Waals surface area contributed by atoms with Gasteiger partial charge in [-0.15, -0.1) is 0 Å². The Bertz CT molecular complexity index is 298. The molecule has 0 saturated heterocycles. The molecule has 0 aliphatic heterocycles. The summed E-state index contributed by atoms with van der Waals surface area (Å²) in [6.07, 6.45) is 5.17. The summed E-state index contributed by atoms with van der Waals surface area (Å²) >= 11 is 5.22. The smallest absolute Gasteiger partial charge is 0.187 e. The molecular weight excluding hydrogens is 284 g/mol. The molecule has 0 aliphatic rings. The van der Waals surface area contributed by atoms with Crippen molar-refractivity contribution in [2.24, 2.45) is 0 Å². The molecule has 0 amide bonds. The van der Waals surface area contributed by atoms with Gasteiger partial charge in [-0.25, -0.2) is 9.97 Å². The molecule has 0 spiro atoms. The van der Waals surface area contributed by atoms with Crippen LogP contribution < -0.4 is 0 Å². The predicted molar refractivity (Wildman–Crippen MR) is 74.5 cm³/mol. The van der Waals surface area contributed by atoms with Gasteiger partial charge in [0.05, 0.1) is 0 Å². The maximum absolute atomic E-state index is 4.41. The quantitative estimate of drug-likeness (QED) is 0.328. The van der Waals surface area contributed by atoms with Gasteiger partial charge in [-0.05, 0) is 32.8 Å². The normalized spacial score (nSPS) is 10.7. The highest BCUT2D eigenvalue weighted by atomic mass is 79.9. The molecule has 0 bridgehead atoms. The summed E-state index contributed by atoms with van der Waals surface area (Å²) in [6.45, 7) is 4.05. The highest BCUT2D eigenvalue weighted by Gasteiger charge is 2.00. The first-order valence-corrected chi connectivity index (χ1v) is 7.84. The fraction of sp³-hybridized carbons (Fsp3) is 0.667. The van der Waals surface area contributed by atoms with E-state index >= 15 is 0 Å². The summed E-state index contributed by atoms with van der Waals surface area (Å²) in [5, 5.41) is 2.05. The van der Waals surface area contributed by atoms with Crippen LogP contribution in [0.4, 0.5) is 0 Å². The van der Waals surface area contributed by atoms with Crippen LogP contribution in [-0.4, -0.2) is 21.1 Å². The number of halogens is 1. The second-order valence-corrected chi connectivity index (χ2v) is 5.74. The van der Waals surface area contributed by atoms with Crippen molar-refractivity contribution in [2.45, 2.75) is 44.7 Å². The fourth-order valence-electron chi connectivity index (χ4n) is 1.47. The average molecular weight is 303 g/mol. The van der Waals surface area contributed by atoms with Crippen molar-refractivity contribution >= 4 is 27.7 Å². The standard InChI is InChI=1S/C12H19BrN2S/c1-10-9-11(2)15-12(14-10)16-8-6-4-3-5-7-13/h9H,3-8H2,1-2H3. The Morgan fingerprint density at radius 2 is 1.69 bits per heavy atom. The van der Waals surface area contributed by atoms with Gasteiger partial charge in [-0.1, -0.05) is 40.5 Å². The minimum Gasteiger partial charge on any atom is -0.228 e. The number of aryl methyl sites for hydroxylation is 2. The molecule has 0 aliphatic carbocycles. The Morgan fingerprint density at radius 3 is 2.31 bits per heavy atom. The van der Waals surface area contributed by atoms with Gasteiger partial charge in [0, 0.05) is 22.5 Å². The summed E-state index contributed by atoms with van der Waals surface area (Å²) in [5.41, 5.74) is 2.13. The van der Waals surface area contributed by atoms with Crippen molar-refractivity contribution in [2.75, 3.05) is 11.1 Å². The van der Waals surface area contributed by atoms with E-state index in [1.54, 1.807) is 11.8 Å². The first-order valence-electron chi connectivity index (χ1n) is 5.73. The molecule has 0 N–H and O–H groups in total. The first kappa shape index (κ1) is 14.0. The third kappa shape index (κ3) is 5.85. The minimum atomic E-state index is 0.929. The Kier molecular flexibility index (Phi) is 7.05. The van der Waals surface area contributed by atoms with Gasteiger partial charge < -0.3 is 0 Å². The molecule has 0 atom stereocenters. The molecular formula is C12H19BrN2S. The van der Waals surface area contributed by atoms with Crippen LogP contribution in [0.25, 0.3) is 0 Å². The molecule has 0 aromatic carbocycles. The van der Waals surface area contributed by atoms with Gasteiger partial charge in [0.15, 0.2) is 5.16 Å². The molecule has 0 saturated carbocycles. The summed E-state index contributed by atoms with van der Waals surface area (Å²) in [7, 11) is 0. The zero-order valence-corrected chi connectivity index (χ0v) is 12.4. The van der Waals surface area contributed by atoms with Crippen LogP contribution in [0, 0.1) is 13.8 Å². The highest BCUT2D eigenvalue weighted by molar-refractivity contribution is 9.09. The molecule has 1 aromatic heterocycles. The number of hydrogen-bond acceptors (Lipinski definition) is 3. The van der Waals surface area contributed by atoms with Crippen molar-refractivity contribution < 1.29 is 0 Å². The Morgan fingerprint density at radius 1 is 1.06 bits per heavy atom. The lowest BCUT2D eigenvalue weighted by Crippen LogP contribution is -1.93. The maximum atomic E-state index is 4.41. The van der Waals surface area contributed by atoms with Gasteiger partial charge in [-0.2, -0.15) is 0 Å². The van der Waals surface area contributed by atoms with Gasteiger partial charge in [0.2, 0.25) is 0 Å². The van der Waals surface area contributed by atoms with E-state index in [-0.39, 0.29) is 0 Å². The Hall–Kier alpha value is -0.0900. The summed E-state index contributed by atoms with van der Waals surface area (Å²) in [6, 6.07) is 2.01. The van der Waals surface area contributed by atoms with Crippen molar-refractivity contribution in [3.8, 4) is 0 Å². The maximum Gasteiger partial charge on any atom is 0.187 e. The van der Waals surface area contributed by atoms with Crippen LogP contribution in [-0.2, 0) is 0 Å². The van der Waals surface area contributed by atoms with Crippen LogP contribution in [0.2, 0.25) is 0 Å². The van der Waals surface area contributed by atoms with Crippen LogP contribution in [0.1, 0.15) is 37.1 Å². The Labute approximate surface area is 111 Å². The molecule has 90 valence electrons. The summed E-state index contributed by atoms with van der Waals surface area (Å²) in [4.78, 5) is 8.82. The topological polar surface area (TPSA) is 25.8 Å². The molecule has 0 fully saturated rings. The molecule has 1 rings (SSSR count). The van der Waals surface area contributed by atoms with Crippen LogP contribution in [0.15, 0.2) is 11.2 Å². The van der Waals surface area contributed by atoms with E-state index in [1.165, 1.54) is 25.7 Å². The second kappa shape index (κ2) is 8.07. The molecule has 0 unspecified atom stereocenters. The van der Waals surface area contributed by atoms with E-state index in [2.05, 4.69) is 25.9 Å². The number of hydrogen-bond donors (Lipinski definition) is 0. The minimum absolute atomic E-state index is 0.929. The van der Waals surface area contributed by atoms with Crippen molar-refractivity contribution in [1.29, 1.82) is 0 Å². The predicted octanol–water partition coefficient (Wildman–Crippen LogP) is 4.14. The van der Waals surface area contributed by atoms with Crippen LogP contribution in [0.3, 0.4) is 0 Å². The molecule has 2 nitrogen and oxygen atoms in total.